The lowest BCUT2D eigenvalue weighted by atomic mass is 10.1. The van der Waals surface area contributed by atoms with Crippen molar-refractivity contribution in [2.45, 2.75) is 13.5 Å². The van der Waals surface area contributed by atoms with Gasteiger partial charge in [0.2, 0.25) is 10.1 Å². The third-order valence-electron chi connectivity index (χ3n) is 5.26. The minimum Gasteiger partial charge on any atom is -0.348 e. The van der Waals surface area contributed by atoms with Gasteiger partial charge in [0.05, 0.1) is 10.9 Å². The maximum absolute atomic E-state index is 13.0. The first kappa shape index (κ1) is 21.1. The summed E-state index contributed by atoms with van der Waals surface area (Å²) in [6, 6.07) is 20.1. The number of halogens is 1. The second kappa shape index (κ2) is 8.65. The van der Waals surface area contributed by atoms with E-state index in [1.165, 1.54) is 15.9 Å². The summed E-state index contributed by atoms with van der Waals surface area (Å²) >= 11 is 7.44. The monoisotopic (exact) mass is 475 g/mol. The van der Waals surface area contributed by atoms with Crippen LogP contribution in [0, 0.1) is 6.92 Å². The number of benzene rings is 3. The number of nitrogens with zero attached hydrogens (tertiary/aromatic N) is 3. The smallest absolute Gasteiger partial charge is 0.283 e. The van der Waals surface area contributed by atoms with E-state index in [2.05, 4.69) is 20.7 Å². The number of hydrogen-bond donors (Lipinski definition) is 2. The lowest BCUT2D eigenvalue weighted by Gasteiger charge is -2.06. The molecule has 0 saturated heterocycles. The van der Waals surface area contributed by atoms with Gasteiger partial charge in [0.15, 0.2) is 0 Å². The molecule has 0 fully saturated rings. The van der Waals surface area contributed by atoms with Crippen molar-refractivity contribution >= 4 is 55.5 Å². The SMILES string of the molecule is Cc1c(Cl)cccc1Nc1nn2c(=O)c3ccc(C(=O)NCc4ccccc4)cc3nc2s1. The summed E-state index contributed by atoms with van der Waals surface area (Å²) in [5.74, 6) is -0.231. The zero-order valence-electron chi connectivity index (χ0n) is 17.5. The van der Waals surface area contributed by atoms with Gasteiger partial charge in [-0.25, -0.2) is 4.98 Å². The number of anilines is 2. The summed E-state index contributed by atoms with van der Waals surface area (Å²) in [7, 11) is 0. The molecule has 5 rings (SSSR count). The molecule has 0 bridgehead atoms. The maximum atomic E-state index is 13.0. The normalized spacial score (nSPS) is 11.1. The lowest BCUT2D eigenvalue weighted by Crippen LogP contribution is -2.23. The Morgan fingerprint density at radius 2 is 1.91 bits per heavy atom. The standard InChI is InChI=1S/C24H18ClN5O2S/c1-14-18(25)8-5-9-19(14)27-23-29-30-22(32)17-11-10-16(12-20(17)28-24(30)33-23)21(31)26-13-15-6-3-2-4-7-15/h2-12H,13H2,1H3,(H,26,31)(H,27,29). The van der Waals surface area contributed by atoms with Crippen LogP contribution in [0.1, 0.15) is 21.5 Å². The van der Waals surface area contributed by atoms with Gasteiger partial charge in [-0.2, -0.15) is 4.52 Å². The first-order valence-corrected chi connectivity index (χ1v) is 11.4. The van der Waals surface area contributed by atoms with E-state index in [-0.39, 0.29) is 11.5 Å². The number of nitrogens with one attached hydrogen (secondary N) is 2. The predicted octanol–water partition coefficient (Wildman–Crippen LogP) is 4.94. The van der Waals surface area contributed by atoms with Crippen molar-refractivity contribution in [1.82, 2.24) is 19.9 Å². The van der Waals surface area contributed by atoms with Gasteiger partial charge < -0.3 is 10.6 Å². The summed E-state index contributed by atoms with van der Waals surface area (Å²) in [5.41, 5.74) is 3.28. The van der Waals surface area contributed by atoms with Crippen molar-refractivity contribution in [3.8, 4) is 0 Å². The molecular formula is C24H18ClN5O2S. The number of amides is 1. The average molecular weight is 476 g/mol. The fourth-order valence-electron chi connectivity index (χ4n) is 3.44. The Morgan fingerprint density at radius 1 is 1.09 bits per heavy atom. The number of carbonyl (C=O) groups is 1. The minimum atomic E-state index is -0.293. The topological polar surface area (TPSA) is 88.4 Å². The maximum Gasteiger partial charge on any atom is 0.283 e. The molecule has 164 valence electrons. The summed E-state index contributed by atoms with van der Waals surface area (Å²) in [6.45, 7) is 2.32. The molecule has 9 heteroatoms. The molecule has 0 radical (unpaired) electrons. The van der Waals surface area contributed by atoms with Gasteiger partial charge in [0.1, 0.15) is 0 Å². The molecule has 0 spiro atoms. The molecule has 0 unspecified atom stereocenters. The van der Waals surface area contributed by atoms with E-state index in [0.29, 0.717) is 38.1 Å². The lowest BCUT2D eigenvalue weighted by molar-refractivity contribution is 0.0951. The summed E-state index contributed by atoms with van der Waals surface area (Å²) < 4.78 is 1.27. The van der Waals surface area contributed by atoms with Crippen molar-refractivity contribution in [1.29, 1.82) is 0 Å². The van der Waals surface area contributed by atoms with Crippen molar-refractivity contribution in [2.75, 3.05) is 5.32 Å². The molecule has 1 amide bonds. The molecule has 0 aliphatic rings. The van der Waals surface area contributed by atoms with E-state index in [1.807, 2.05) is 55.5 Å². The van der Waals surface area contributed by atoms with Gasteiger partial charge in [-0.05, 0) is 48.4 Å². The first-order chi connectivity index (χ1) is 16.0. The molecule has 5 aromatic rings. The fraction of sp³-hybridized carbons (Fsp3) is 0.0833. The van der Waals surface area contributed by atoms with E-state index in [1.54, 1.807) is 18.2 Å². The highest BCUT2D eigenvalue weighted by atomic mass is 35.5. The molecule has 0 atom stereocenters. The molecule has 0 aliphatic heterocycles. The van der Waals surface area contributed by atoms with Crippen LogP contribution in [-0.2, 0) is 6.54 Å². The highest BCUT2D eigenvalue weighted by Crippen LogP contribution is 2.28. The van der Waals surface area contributed by atoms with Gasteiger partial charge in [-0.1, -0.05) is 59.3 Å². The van der Waals surface area contributed by atoms with Gasteiger partial charge in [0, 0.05) is 22.8 Å². The number of carbonyl (C=O) groups excluding carboxylic acids is 1. The molecule has 0 aliphatic carbocycles. The molecule has 33 heavy (non-hydrogen) atoms. The number of aromatic nitrogens is 3. The quantitative estimate of drug-likeness (QED) is 0.376. The van der Waals surface area contributed by atoms with Crippen molar-refractivity contribution in [3.05, 3.63) is 98.8 Å². The molecule has 3 aromatic carbocycles. The van der Waals surface area contributed by atoms with Crippen LogP contribution >= 0.6 is 22.9 Å². The van der Waals surface area contributed by atoms with E-state index < -0.39 is 0 Å². The van der Waals surface area contributed by atoms with E-state index in [9.17, 15) is 9.59 Å². The largest absolute Gasteiger partial charge is 0.348 e. The minimum absolute atomic E-state index is 0.231. The average Bonchev–Trinajstić information content (AvgIpc) is 3.23. The summed E-state index contributed by atoms with van der Waals surface area (Å²) in [6.07, 6.45) is 0. The van der Waals surface area contributed by atoms with Crippen LogP contribution in [-0.4, -0.2) is 20.5 Å². The van der Waals surface area contributed by atoms with Gasteiger partial charge in [-0.15, -0.1) is 5.10 Å². The summed E-state index contributed by atoms with van der Waals surface area (Å²) in [4.78, 5) is 30.6. The van der Waals surface area contributed by atoms with Crippen LogP contribution in [0.4, 0.5) is 10.8 Å². The van der Waals surface area contributed by atoms with Gasteiger partial charge >= 0.3 is 0 Å². The van der Waals surface area contributed by atoms with Crippen molar-refractivity contribution in [3.63, 3.8) is 0 Å². The molecular weight excluding hydrogens is 458 g/mol. The Balaban J connectivity index is 1.45. The van der Waals surface area contributed by atoms with Crippen LogP contribution in [0.25, 0.3) is 15.9 Å². The molecule has 0 saturated carbocycles. The van der Waals surface area contributed by atoms with E-state index in [4.69, 9.17) is 11.6 Å². The van der Waals surface area contributed by atoms with Crippen LogP contribution in [0.3, 0.4) is 0 Å². The molecule has 7 nitrogen and oxygen atoms in total. The van der Waals surface area contributed by atoms with Crippen LogP contribution in [0.5, 0.6) is 0 Å². The van der Waals surface area contributed by atoms with Crippen LogP contribution in [0.2, 0.25) is 5.02 Å². The molecule has 2 aromatic heterocycles. The van der Waals surface area contributed by atoms with E-state index in [0.717, 1.165) is 16.8 Å². The third kappa shape index (κ3) is 4.18. The second-order valence-electron chi connectivity index (χ2n) is 7.46. The number of fused-ring (bicyclic) bond motifs is 2. The first-order valence-electron chi connectivity index (χ1n) is 10.2. The highest BCUT2D eigenvalue weighted by Gasteiger charge is 2.14. The zero-order chi connectivity index (χ0) is 22.9. The summed E-state index contributed by atoms with van der Waals surface area (Å²) in [5, 5.41) is 12.0. The zero-order valence-corrected chi connectivity index (χ0v) is 19.1. The highest BCUT2D eigenvalue weighted by molar-refractivity contribution is 7.20. The van der Waals surface area contributed by atoms with Crippen LogP contribution in [0.15, 0.2) is 71.5 Å². The third-order valence-corrected chi connectivity index (χ3v) is 6.50. The van der Waals surface area contributed by atoms with Crippen molar-refractivity contribution in [2.24, 2.45) is 0 Å². The molecule has 2 N–H and O–H groups in total. The number of rotatable bonds is 5. The Kier molecular flexibility index (Phi) is 5.53. The van der Waals surface area contributed by atoms with E-state index >= 15 is 0 Å². The number of hydrogen-bond acceptors (Lipinski definition) is 6. The second-order valence-corrected chi connectivity index (χ2v) is 8.82. The van der Waals surface area contributed by atoms with Crippen LogP contribution < -0.4 is 16.2 Å². The van der Waals surface area contributed by atoms with Crippen molar-refractivity contribution < 1.29 is 4.79 Å². The Labute approximate surface area is 197 Å². The fourth-order valence-corrected chi connectivity index (χ4v) is 4.42. The Morgan fingerprint density at radius 3 is 2.73 bits per heavy atom. The van der Waals surface area contributed by atoms with Gasteiger partial charge in [-0.3, -0.25) is 9.59 Å². The predicted molar refractivity (Wildman–Crippen MR) is 132 cm³/mol. The Bertz CT molecular complexity index is 1560. The van der Waals surface area contributed by atoms with Gasteiger partial charge in [0.25, 0.3) is 11.5 Å². The molecule has 2 heterocycles. The Hall–Kier alpha value is -3.75.